The van der Waals surface area contributed by atoms with Crippen LogP contribution in [0.2, 0.25) is 0 Å². The molecule has 0 aliphatic carbocycles. The predicted molar refractivity (Wildman–Crippen MR) is 241 cm³/mol. The Balaban J connectivity index is 0. The van der Waals surface area contributed by atoms with E-state index in [2.05, 4.69) is 55.4 Å². The van der Waals surface area contributed by atoms with Gasteiger partial charge in [-0.1, -0.05) is 197 Å². The van der Waals surface area contributed by atoms with Crippen LogP contribution < -0.4 is 5.11 Å². The number of carboxylic acids is 1. The molecular formula is C50H102N2O3. The van der Waals surface area contributed by atoms with Crippen LogP contribution in [0.1, 0.15) is 261 Å². The summed E-state index contributed by atoms with van der Waals surface area (Å²) in [5, 5.41) is 11.0. The van der Waals surface area contributed by atoms with Gasteiger partial charge in [-0.05, 0) is 76.0 Å². The minimum atomic E-state index is -1.57. The third-order valence-electron chi connectivity index (χ3n) is 12.4. The maximum atomic E-state index is 12.0. The molecule has 330 valence electrons. The van der Waals surface area contributed by atoms with Crippen LogP contribution in [0, 0.1) is 11.8 Å². The molecule has 2 atom stereocenters. The van der Waals surface area contributed by atoms with E-state index in [-0.39, 0.29) is 0 Å². The first-order valence-electron chi connectivity index (χ1n) is 25.1. The number of carboxylic acid groups (broad SMARTS) is 1. The van der Waals surface area contributed by atoms with Gasteiger partial charge in [0.2, 0.25) is 0 Å². The Kier molecular flexibility index (Phi) is 43.3. The number of hydrogen-bond donors (Lipinski definition) is 0. The molecule has 0 saturated carbocycles. The van der Waals surface area contributed by atoms with Gasteiger partial charge in [-0.2, -0.15) is 0 Å². The van der Waals surface area contributed by atoms with Crippen LogP contribution in [0.5, 0.6) is 0 Å². The van der Waals surface area contributed by atoms with Crippen LogP contribution in [0.15, 0.2) is 0 Å². The first-order chi connectivity index (χ1) is 26.7. The fourth-order valence-electron chi connectivity index (χ4n) is 8.41. The lowest BCUT2D eigenvalue weighted by Crippen LogP contribution is -2.50. The fourth-order valence-corrected chi connectivity index (χ4v) is 8.41. The molecule has 0 heterocycles. The molecule has 0 aromatic carbocycles. The second-order valence-electron chi connectivity index (χ2n) is 17.6. The van der Waals surface area contributed by atoms with Crippen molar-refractivity contribution in [1.82, 2.24) is 4.90 Å². The molecule has 1 amide bonds. The Bertz CT molecular complexity index is 714. The summed E-state index contributed by atoms with van der Waals surface area (Å²) in [5.74, 6) is -1.65. The molecule has 5 nitrogen and oxygen atoms in total. The minimum absolute atomic E-state index is 0.381. The highest BCUT2D eigenvalue weighted by molar-refractivity contribution is 6.30. The van der Waals surface area contributed by atoms with Crippen LogP contribution in [-0.4, -0.2) is 60.5 Å². The average Bonchev–Trinajstić information content (AvgIpc) is 3.19. The van der Waals surface area contributed by atoms with Crippen molar-refractivity contribution in [2.24, 2.45) is 11.8 Å². The molecule has 0 aromatic rings. The largest absolute Gasteiger partial charge is 0.540 e. The monoisotopic (exact) mass is 779 g/mol. The lowest BCUT2D eigenvalue weighted by Gasteiger charge is -2.40. The molecule has 5 heteroatoms. The SMILES string of the molecule is CCCCC(CC)CN(CC(CC)CCCC)C(=O)C(=O)[O-].CCCCCCCC[N+](CCCCCCCC)(CCCCCCCC)CCCCCCCC. The van der Waals surface area contributed by atoms with E-state index in [1.165, 1.54) is 190 Å². The van der Waals surface area contributed by atoms with E-state index in [1.807, 2.05) is 0 Å². The molecule has 55 heavy (non-hydrogen) atoms. The summed E-state index contributed by atoms with van der Waals surface area (Å²) in [5.41, 5.74) is 0. The first-order valence-corrected chi connectivity index (χ1v) is 25.1. The van der Waals surface area contributed by atoms with Gasteiger partial charge in [0, 0.05) is 13.1 Å². The zero-order valence-corrected chi connectivity index (χ0v) is 39.1. The molecule has 2 unspecified atom stereocenters. The van der Waals surface area contributed by atoms with Crippen molar-refractivity contribution in [3.05, 3.63) is 0 Å². The van der Waals surface area contributed by atoms with Crippen molar-refractivity contribution in [1.29, 1.82) is 0 Å². The molecule has 0 aliphatic heterocycles. The summed E-state index contributed by atoms with van der Waals surface area (Å²) in [7, 11) is 0. The Hall–Kier alpha value is -1.10. The first kappa shape index (κ1) is 56.0. The summed E-state index contributed by atoms with van der Waals surface area (Å²) in [4.78, 5) is 24.5. The van der Waals surface area contributed by atoms with Crippen molar-refractivity contribution in [2.75, 3.05) is 39.3 Å². The molecule has 0 rings (SSSR count). The van der Waals surface area contributed by atoms with Gasteiger partial charge in [0.25, 0.3) is 5.91 Å². The Morgan fingerprint density at radius 2 is 0.655 bits per heavy atom. The van der Waals surface area contributed by atoms with Gasteiger partial charge in [-0.3, -0.25) is 4.79 Å². The number of unbranched alkanes of at least 4 members (excludes halogenated alkanes) is 22. The predicted octanol–water partition coefficient (Wildman–Crippen LogP) is 14.2. The smallest absolute Gasteiger partial charge is 0.269 e. The van der Waals surface area contributed by atoms with Crippen molar-refractivity contribution in [3.63, 3.8) is 0 Å². The molecule has 0 spiro atoms. The zero-order chi connectivity index (χ0) is 41.3. The Labute approximate surface area is 346 Å². The van der Waals surface area contributed by atoms with Gasteiger partial charge in [0.15, 0.2) is 0 Å². The van der Waals surface area contributed by atoms with Crippen molar-refractivity contribution in [2.45, 2.75) is 261 Å². The van der Waals surface area contributed by atoms with Crippen molar-refractivity contribution >= 4 is 11.9 Å². The molecule has 0 saturated heterocycles. The molecule has 0 aliphatic rings. The fraction of sp³-hybridized carbons (Fsp3) is 0.960. The second-order valence-corrected chi connectivity index (χ2v) is 17.6. The number of carbonyl (C=O) groups excluding carboxylic acids is 2. The van der Waals surface area contributed by atoms with Gasteiger partial charge in [0.05, 0.1) is 26.2 Å². The molecule has 0 fully saturated rings. The highest BCUT2D eigenvalue weighted by Gasteiger charge is 2.26. The lowest BCUT2D eigenvalue weighted by molar-refractivity contribution is -0.929. The number of aliphatic carboxylic acids is 1. The summed E-state index contributed by atoms with van der Waals surface area (Å²) in [6, 6.07) is 0. The number of hydrogen-bond acceptors (Lipinski definition) is 3. The highest BCUT2D eigenvalue weighted by Crippen LogP contribution is 2.22. The quantitative estimate of drug-likeness (QED) is 0.0354. The van der Waals surface area contributed by atoms with Gasteiger partial charge in [-0.25, -0.2) is 0 Å². The van der Waals surface area contributed by atoms with Gasteiger partial charge in [0.1, 0.15) is 5.97 Å². The Morgan fingerprint density at radius 3 is 0.891 bits per heavy atom. The zero-order valence-electron chi connectivity index (χ0n) is 39.1. The van der Waals surface area contributed by atoms with Crippen LogP contribution in [0.4, 0.5) is 0 Å². The van der Waals surface area contributed by atoms with E-state index in [1.54, 1.807) is 0 Å². The van der Waals surface area contributed by atoms with E-state index >= 15 is 0 Å². The van der Waals surface area contributed by atoms with E-state index in [0.717, 1.165) is 51.4 Å². The van der Waals surface area contributed by atoms with Crippen LogP contribution in [0.3, 0.4) is 0 Å². The summed E-state index contributed by atoms with van der Waals surface area (Å²) >= 11 is 0. The second kappa shape index (κ2) is 42.5. The number of carbonyl (C=O) groups is 2. The van der Waals surface area contributed by atoms with E-state index in [4.69, 9.17) is 0 Å². The molecular weight excluding hydrogens is 677 g/mol. The van der Waals surface area contributed by atoms with E-state index in [9.17, 15) is 14.7 Å². The third-order valence-corrected chi connectivity index (χ3v) is 12.4. The average molecular weight is 779 g/mol. The lowest BCUT2D eigenvalue weighted by atomic mass is 9.95. The van der Waals surface area contributed by atoms with Crippen LogP contribution in [-0.2, 0) is 9.59 Å². The molecule has 0 aromatic heterocycles. The van der Waals surface area contributed by atoms with Crippen molar-refractivity contribution in [3.8, 4) is 0 Å². The summed E-state index contributed by atoms with van der Waals surface area (Å²) in [6.45, 7) is 24.9. The molecule has 0 radical (unpaired) electrons. The van der Waals surface area contributed by atoms with Gasteiger partial charge < -0.3 is 19.3 Å². The van der Waals surface area contributed by atoms with Crippen LogP contribution >= 0.6 is 0 Å². The summed E-state index contributed by atoms with van der Waals surface area (Å²) < 4.78 is 1.48. The number of amides is 1. The van der Waals surface area contributed by atoms with Crippen molar-refractivity contribution < 1.29 is 19.2 Å². The standard InChI is InChI=1S/C32H68N.C18H35NO3/c1-5-9-13-17-21-25-29-33(30-26-22-18-14-10-6-2,31-27-23-19-15-11-7-3)32-28-24-20-16-12-8-4;1-5-9-11-15(7-3)13-19(17(20)18(21)22)14-16(8-4)12-10-6-2/h5-32H2,1-4H3;15-16H,5-14H2,1-4H3,(H,21,22)/q+1;/p-1. The van der Waals surface area contributed by atoms with Gasteiger partial charge >= 0.3 is 0 Å². The normalized spacial score (nSPS) is 12.7. The number of nitrogens with zero attached hydrogens (tertiary/aromatic N) is 2. The highest BCUT2D eigenvalue weighted by atomic mass is 16.4. The van der Waals surface area contributed by atoms with Gasteiger partial charge in [-0.15, -0.1) is 0 Å². The number of quaternary nitrogens is 1. The minimum Gasteiger partial charge on any atom is -0.540 e. The molecule has 0 N–H and O–H groups in total. The Morgan fingerprint density at radius 1 is 0.400 bits per heavy atom. The topological polar surface area (TPSA) is 60.4 Å². The van der Waals surface area contributed by atoms with E-state index < -0.39 is 11.9 Å². The third kappa shape index (κ3) is 34.6. The number of rotatable bonds is 40. The maximum Gasteiger partial charge on any atom is 0.269 e. The van der Waals surface area contributed by atoms with Crippen LogP contribution in [0.25, 0.3) is 0 Å². The van der Waals surface area contributed by atoms with E-state index in [0.29, 0.717) is 24.9 Å². The summed E-state index contributed by atoms with van der Waals surface area (Å²) in [6.07, 6.45) is 43.3. The maximum absolute atomic E-state index is 12.0. The molecule has 0 bridgehead atoms.